The number of hydrogen-bond acceptors (Lipinski definition) is 3. The lowest BCUT2D eigenvalue weighted by Crippen LogP contribution is -2.01. The summed E-state index contributed by atoms with van der Waals surface area (Å²) >= 11 is 0. The lowest BCUT2D eigenvalue weighted by Gasteiger charge is -2.03. The zero-order chi connectivity index (χ0) is 12.6. The first-order valence-corrected chi connectivity index (χ1v) is 5.82. The van der Waals surface area contributed by atoms with Gasteiger partial charge in [0.05, 0.1) is 6.54 Å². The van der Waals surface area contributed by atoms with E-state index in [-0.39, 0.29) is 5.75 Å². The van der Waals surface area contributed by atoms with Crippen molar-refractivity contribution >= 4 is 6.21 Å². The minimum atomic E-state index is 0.241. The molecule has 0 atom stereocenters. The summed E-state index contributed by atoms with van der Waals surface area (Å²) in [6.07, 6.45) is 1.66. The molecule has 0 saturated heterocycles. The number of phenolic OH excluding ortho intramolecular Hbond substituents is 1. The Morgan fingerprint density at radius 2 is 1.72 bits per heavy atom. The van der Waals surface area contributed by atoms with Gasteiger partial charge in [-0.25, -0.2) is 0 Å². The highest BCUT2D eigenvalue weighted by molar-refractivity contribution is 5.83. The van der Waals surface area contributed by atoms with E-state index in [2.05, 4.69) is 4.99 Å². The normalized spacial score (nSPS) is 10.7. The Labute approximate surface area is 106 Å². The van der Waals surface area contributed by atoms with Crippen molar-refractivity contribution in [3.8, 4) is 11.5 Å². The van der Waals surface area contributed by atoms with Crippen molar-refractivity contribution in [3.63, 3.8) is 0 Å². The van der Waals surface area contributed by atoms with Crippen molar-refractivity contribution in [2.45, 2.75) is 0 Å². The summed E-state index contributed by atoms with van der Waals surface area (Å²) < 4.78 is 5.50. The van der Waals surface area contributed by atoms with Crippen LogP contribution in [-0.4, -0.2) is 24.5 Å². The molecule has 0 unspecified atom stereocenters. The molecule has 3 nitrogen and oxygen atoms in total. The number of aromatic hydroxyl groups is 1. The Kier molecular flexibility index (Phi) is 4.36. The molecule has 2 rings (SSSR count). The van der Waals surface area contributed by atoms with Crippen molar-refractivity contribution in [2.75, 3.05) is 13.2 Å². The zero-order valence-electron chi connectivity index (χ0n) is 9.99. The maximum atomic E-state index is 9.52. The third-order valence-electron chi connectivity index (χ3n) is 2.40. The first kappa shape index (κ1) is 12.2. The van der Waals surface area contributed by atoms with E-state index in [9.17, 15) is 5.11 Å². The third kappa shape index (κ3) is 3.63. The largest absolute Gasteiger partial charge is 0.507 e. The Hall–Kier alpha value is -2.29. The molecule has 0 heterocycles. The average Bonchev–Trinajstić information content (AvgIpc) is 2.42. The molecule has 0 aromatic heterocycles. The van der Waals surface area contributed by atoms with Crippen LogP contribution in [0, 0.1) is 0 Å². The van der Waals surface area contributed by atoms with Crippen LogP contribution in [0.15, 0.2) is 59.6 Å². The lowest BCUT2D eigenvalue weighted by atomic mass is 10.2. The highest BCUT2D eigenvalue weighted by atomic mass is 16.5. The molecule has 0 radical (unpaired) electrons. The minimum absolute atomic E-state index is 0.241. The van der Waals surface area contributed by atoms with E-state index >= 15 is 0 Å². The first-order chi connectivity index (χ1) is 8.86. The molecule has 0 spiro atoms. The molecule has 92 valence electrons. The summed E-state index contributed by atoms with van der Waals surface area (Å²) in [4.78, 5) is 4.21. The van der Waals surface area contributed by atoms with Gasteiger partial charge >= 0.3 is 0 Å². The van der Waals surface area contributed by atoms with Gasteiger partial charge in [0.25, 0.3) is 0 Å². The topological polar surface area (TPSA) is 41.8 Å². The second-order valence-electron chi connectivity index (χ2n) is 3.76. The minimum Gasteiger partial charge on any atom is -0.507 e. The number of phenols is 1. The molecule has 2 aromatic carbocycles. The highest BCUT2D eigenvalue weighted by Gasteiger charge is 1.94. The fraction of sp³-hybridized carbons (Fsp3) is 0.133. The quantitative estimate of drug-likeness (QED) is 0.646. The Morgan fingerprint density at radius 3 is 2.50 bits per heavy atom. The van der Waals surface area contributed by atoms with Crippen LogP contribution in [0.25, 0.3) is 0 Å². The summed E-state index contributed by atoms with van der Waals surface area (Å²) in [7, 11) is 0. The standard InChI is InChI=1S/C15H15NO2/c17-15-9-5-4-6-13(15)12-16-10-11-18-14-7-2-1-3-8-14/h1-9,12,17H,10-11H2/b16-12+. The zero-order valence-corrected chi connectivity index (χ0v) is 9.99. The molecule has 1 N–H and O–H groups in total. The van der Waals surface area contributed by atoms with Crippen LogP contribution in [-0.2, 0) is 0 Å². The average molecular weight is 241 g/mol. The number of para-hydroxylation sites is 2. The molecule has 0 fully saturated rings. The van der Waals surface area contributed by atoms with Crippen LogP contribution in [0.1, 0.15) is 5.56 Å². The maximum absolute atomic E-state index is 9.52. The molecule has 0 saturated carbocycles. The predicted molar refractivity (Wildman–Crippen MR) is 72.5 cm³/mol. The smallest absolute Gasteiger partial charge is 0.124 e. The van der Waals surface area contributed by atoms with E-state index in [1.807, 2.05) is 42.5 Å². The number of hydrogen-bond donors (Lipinski definition) is 1. The monoisotopic (exact) mass is 241 g/mol. The number of nitrogens with zero attached hydrogens (tertiary/aromatic N) is 1. The molecule has 0 aliphatic rings. The molecular weight excluding hydrogens is 226 g/mol. The van der Waals surface area contributed by atoms with Gasteiger partial charge in [0.2, 0.25) is 0 Å². The van der Waals surface area contributed by atoms with Gasteiger partial charge in [-0.1, -0.05) is 30.3 Å². The van der Waals surface area contributed by atoms with Crippen molar-refractivity contribution in [1.82, 2.24) is 0 Å². The molecule has 18 heavy (non-hydrogen) atoms. The fourth-order valence-corrected chi connectivity index (χ4v) is 1.49. The molecule has 0 aliphatic carbocycles. The molecule has 3 heteroatoms. The summed E-state index contributed by atoms with van der Waals surface area (Å²) in [5.74, 6) is 1.08. The van der Waals surface area contributed by atoms with Gasteiger partial charge in [0, 0.05) is 11.8 Å². The summed E-state index contributed by atoms with van der Waals surface area (Å²) in [6.45, 7) is 1.08. The van der Waals surface area contributed by atoms with E-state index in [1.54, 1.807) is 18.3 Å². The van der Waals surface area contributed by atoms with Crippen LogP contribution < -0.4 is 4.74 Å². The number of aliphatic imine (C=N–C) groups is 1. The lowest BCUT2D eigenvalue weighted by molar-refractivity contribution is 0.329. The van der Waals surface area contributed by atoms with Crippen molar-refractivity contribution in [3.05, 3.63) is 60.2 Å². The molecule has 2 aromatic rings. The van der Waals surface area contributed by atoms with Crippen molar-refractivity contribution in [1.29, 1.82) is 0 Å². The van der Waals surface area contributed by atoms with Gasteiger partial charge in [0.1, 0.15) is 18.1 Å². The Morgan fingerprint density at radius 1 is 1.00 bits per heavy atom. The van der Waals surface area contributed by atoms with Crippen LogP contribution in [0.3, 0.4) is 0 Å². The van der Waals surface area contributed by atoms with Gasteiger partial charge in [-0.05, 0) is 24.3 Å². The van der Waals surface area contributed by atoms with Gasteiger partial charge in [-0.3, -0.25) is 4.99 Å². The van der Waals surface area contributed by atoms with Crippen LogP contribution in [0.5, 0.6) is 11.5 Å². The SMILES string of the molecule is Oc1ccccc1/C=N/CCOc1ccccc1. The van der Waals surface area contributed by atoms with Crippen molar-refractivity contribution in [2.24, 2.45) is 4.99 Å². The van der Waals surface area contributed by atoms with Crippen LogP contribution in [0.4, 0.5) is 0 Å². The Balaban J connectivity index is 1.77. The molecule has 0 amide bonds. The van der Waals surface area contributed by atoms with Crippen LogP contribution in [0.2, 0.25) is 0 Å². The molecule has 0 bridgehead atoms. The van der Waals surface area contributed by atoms with E-state index in [4.69, 9.17) is 4.74 Å². The van der Waals surface area contributed by atoms with Gasteiger partial charge < -0.3 is 9.84 Å². The summed E-state index contributed by atoms with van der Waals surface area (Å²) in [5, 5.41) is 9.52. The van der Waals surface area contributed by atoms with Gasteiger partial charge in [0.15, 0.2) is 0 Å². The second-order valence-corrected chi connectivity index (χ2v) is 3.76. The van der Waals surface area contributed by atoms with E-state index < -0.39 is 0 Å². The van der Waals surface area contributed by atoms with E-state index in [0.717, 1.165) is 11.3 Å². The first-order valence-electron chi connectivity index (χ1n) is 5.82. The third-order valence-corrected chi connectivity index (χ3v) is 2.40. The number of benzene rings is 2. The Bertz CT molecular complexity index is 509. The molecule has 0 aliphatic heterocycles. The number of ether oxygens (including phenoxy) is 1. The number of rotatable bonds is 5. The van der Waals surface area contributed by atoms with Gasteiger partial charge in [-0.15, -0.1) is 0 Å². The summed E-state index contributed by atoms with van der Waals surface area (Å²) in [5.41, 5.74) is 0.720. The summed E-state index contributed by atoms with van der Waals surface area (Å²) in [6, 6.07) is 16.7. The van der Waals surface area contributed by atoms with Crippen molar-refractivity contribution < 1.29 is 9.84 Å². The van der Waals surface area contributed by atoms with Gasteiger partial charge in [-0.2, -0.15) is 0 Å². The molecular formula is C15H15NO2. The maximum Gasteiger partial charge on any atom is 0.124 e. The second kappa shape index (κ2) is 6.45. The van der Waals surface area contributed by atoms with E-state index in [0.29, 0.717) is 13.2 Å². The van der Waals surface area contributed by atoms with Crippen LogP contribution >= 0.6 is 0 Å². The van der Waals surface area contributed by atoms with E-state index in [1.165, 1.54) is 0 Å². The fourth-order valence-electron chi connectivity index (χ4n) is 1.49. The highest BCUT2D eigenvalue weighted by Crippen LogP contribution is 2.12. The predicted octanol–water partition coefficient (Wildman–Crippen LogP) is 2.89.